The normalized spacial score (nSPS) is 11.9. The maximum absolute atomic E-state index is 12.3. The topological polar surface area (TPSA) is 69.0 Å². The summed E-state index contributed by atoms with van der Waals surface area (Å²) in [6.07, 6.45) is -0.276. The van der Waals surface area contributed by atoms with Crippen molar-refractivity contribution in [3.8, 4) is 5.75 Å². The van der Waals surface area contributed by atoms with Gasteiger partial charge in [0.15, 0.2) is 17.1 Å². The molecule has 1 heterocycles. The van der Waals surface area contributed by atoms with E-state index in [0.717, 1.165) is 5.75 Å². The molecule has 1 N–H and O–H groups in total. The van der Waals surface area contributed by atoms with Gasteiger partial charge in [-0.25, -0.2) is 0 Å². The number of ether oxygens (including phenoxy) is 1. The highest BCUT2D eigenvalue weighted by Crippen LogP contribution is 2.25. The smallest absolute Gasteiger partial charge is 0.234 e. The van der Waals surface area contributed by atoms with E-state index < -0.39 is 0 Å². The van der Waals surface area contributed by atoms with E-state index >= 15 is 0 Å². The number of carbonyl (C=O) groups excluding carboxylic acids is 1. The van der Waals surface area contributed by atoms with Crippen LogP contribution in [0.2, 0.25) is 10.0 Å². The number of benzene rings is 2. The first-order chi connectivity index (χ1) is 14.0. The number of rotatable bonds is 8. The van der Waals surface area contributed by atoms with Crippen LogP contribution in [0.3, 0.4) is 0 Å². The number of anilines is 1. The first-order valence-electron chi connectivity index (χ1n) is 8.99. The van der Waals surface area contributed by atoms with Crippen LogP contribution in [0.4, 0.5) is 5.69 Å². The lowest BCUT2D eigenvalue weighted by molar-refractivity contribution is -0.113. The Morgan fingerprint density at radius 3 is 2.52 bits per heavy atom. The minimum Gasteiger partial charge on any atom is -0.483 e. The maximum atomic E-state index is 12.3. The van der Waals surface area contributed by atoms with Crippen molar-refractivity contribution in [1.29, 1.82) is 0 Å². The van der Waals surface area contributed by atoms with Crippen molar-refractivity contribution in [2.75, 3.05) is 11.1 Å². The number of para-hydroxylation sites is 1. The average molecular weight is 451 g/mol. The Morgan fingerprint density at radius 1 is 1.17 bits per heavy atom. The van der Waals surface area contributed by atoms with Crippen molar-refractivity contribution in [3.63, 3.8) is 0 Å². The van der Waals surface area contributed by atoms with Crippen LogP contribution in [0.15, 0.2) is 53.7 Å². The lowest BCUT2D eigenvalue weighted by Gasteiger charge is -2.15. The predicted molar refractivity (Wildman–Crippen MR) is 117 cm³/mol. The van der Waals surface area contributed by atoms with E-state index in [1.165, 1.54) is 11.8 Å². The number of amides is 1. The van der Waals surface area contributed by atoms with Crippen molar-refractivity contribution in [2.45, 2.75) is 31.7 Å². The summed E-state index contributed by atoms with van der Waals surface area (Å²) in [6.45, 7) is 4.59. The zero-order chi connectivity index (χ0) is 20.8. The fraction of sp³-hybridized carbons (Fsp3) is 0.250. The molecule has 0 aliphatic rings. The van der Waals surface area contributed by atoms with Crippen LogP contribution in [0.25, 0.3) is 0 Å². The molecule has 9 heteroatoms. The summed E-state index contributed by atoms with van der Waals surface area (Å²) in [5, 5.41) is 12.9. The van der Waals surface area contributed by atoms with E-state index in [9.17, 15) is 4.79 Å². The van der Waals surface area contributed by atoms with Gasteiger partial charge in [0, 0.05) is 22.3 Å². The quantitative estimate of drug-likeness (QED) is 0.460. The number of nitrogens with zero attached hydrogens (tertiary/aromatic N) is 3. The molecule has 0 bridgehead atoms. The number of hydrogen-bond acceptors (Lipinski definition) is 5. The van der Waals surface area contributed by atoms with Crippen molar-refractivity contribution in [2.24, 2.45) is 0 Å². The molecule has 1 atom stereocenters. The van der Waals surface area contributed by atoms with Gasteiger partial charge in [-0.3, -0.25) is 4.79 Å². The second-order valence-corrected chi connectivity index (χ2v) is 7.97. The van der Waals surface area contributed by atoms with Crippen LogP contribution in [-0.2, 0) is 11.3 Å². The van der Waals surface area contributed by atoms with Gasteiger partial charge in [-0.15, -0.1) is 10.2 Å². The molecule has 0 unspecified atom stereocenters. The first kappa shape index (κ1) is 21.5. The Balaban J connectivity index is 1.63. The summed E-state index contributed by atoms with van der Waals surface area (Å²) >= 11 is 13.2. The van der Waals surface area contributed by atoms with Gasteiger partial charge in [0.2, 0.25) is 5.91 Å². The summed E-state index contributed by atoms with van der Waals surface area (Å²) in [4.78, 5) is 12.3. The fourth-order valence-corrected chi connectivity index (χ4v) is 4.05. The van der Waals surface area contributed by atoms with Crippen molar-refractivity contribution >= 4 is 46.6 Å². The summed E-state index contributed by atoms with van der Waals surface area (Å²) in [5.41, 5.74) is 0.552. The number of nitrogens with one attached hydrogen (secondary N) is 1. The monoisotopic (exact) mass is 450 g/mol. The van der Waals surface area contributed by atoms with Gasteiger partial charge >= 0.3 is 0 Å². The molecule has 3 rings (SSSR count). The van der Waals surface area contributed by atoms with Crippen LogP contribution < -0.4 is 10.1 Å². The molecule has 0 saturated heterocycles. The zero-order valence-corrected chi connectivity index (χ0v) is 18.3. The van der Waals surface area contributed by atoms with E-state index in [-0.39, 0.29) is 17.8 Å². The van der Waals surface area contributed by atoms with Crippen molar-refractivity contribution in [1.82, 2.24) is 14.8 Å². The number of aromatic nitrogens is 3. The highest BCUT2D eigenvalue weighted by Gasteiger charge is 2.19. The number of thioether (sulfide) groups is 1. The minimum atomic E-state index is -0.276. The van der Waals surface area contributed by atoms with Gasteiger partial charge in [-0.1, -0.05) is 53.2 Å². The van der Waals surface area contributed by atoms with Gasteiger partial charge < -0.3 is 14.6 Å². The molecule has 0 fully saturated rings. The lowest BCUT2D eigenvalue weighted by Crippen LogP contribution is -2.15. The number of hydrogen-bond donors (Lipinski definition) is 1. The fourth-order valence-electron chi connectivity index (χ4n) is 2.71. The summed E-state index contributed by atoms with van der Waals surface area (Å²) in [5.74, 6) is 1.46. The molecule has 0 saturated carbocycles. The molecule has 0 aliphatic heterocycles. The highest BCUT2D eigenvalue weighted by molar-refractivity contribution is 7.99. The molecule has 6 nitrogen and oxygen atoms in total. The molecule has 29 heavy (non-hydrogen) atoms. The van der Waals surface area contributed by atoms with Gasteiger partial charge in [0.25, 0.3) is 0 Å². The Morgan fingerprint density at radius 2 is 1.86 bits per heavy atom. The average Bonchev–Trinajstić information content (AvgIpc) is 3.09. The zero-order valence-electron chi connectivity index (χ0n) is 15.9. The van der Waals surface area contributed by atoms with Crippen LogP contribution in [0.1, 0.15) is 25.8 Å². The summed E-state index contributed by atoms with van der Waals surface area (Å²) in [7, 11) is 0. The molecule has 1 amide bonds. The number of halogens is 2. The third kappa shape index (κ3) is 5.88. The summed E-state index contributed by atoms with van der Waals surface area (Å²) < 4.78 is 7.89. The van der Waals surface area contributed by atoms with E-state index in [4.69, 9.17) is 27.9 Å². The molecule has 0 aliphatic carbocycles. The Labute approximate surface area is 183 Å². The maximum Gasteiger partial charge on any atom is 0.234 e. The van der Waals surface area contributed by atoms with Crippen LogP contribution in [-0.4, -0.2) is 26.4 Å². The molecule has 0 radical (unpaired) electrons. The lowest BCUT2D eigenvalue weighted by atomic mass is 10.3. The van der Waals surface area contributed by atoms with Crippen molar-refractivity contribution in [3.05, 3.63) is 64.4 Å². The third-order valence-electron chi connectivity index (χ3n) is 3.96. The molecular weight excluding hydrogens is 431 g/mol. The van der Waals surface area contributed by atoms with Gasteiger partial charge in [-0.2, -0.15) is 0 Å². The molecule has 1 aromatic heterocycles. The minimum absolute atomic E-state index is 0.177. The van der Waals surface area contributed by atoms with E-state index in [1.54, 1.807) is 18.2 Å². The van der Waals surface area contributed by atoms with E-state index in [0.29, 0.717) is 33.3 Å². The Bertz CT molecular complexity index is 962. The van der Waals surface area contributed by atoms with Gasteiger partial charge in [0.1, 0.15) is 5.75 Å². The van der Waals surface area contributed by atoms with E-state index in [2.05, 4.69) is 15.5 Å². The van der Waals surface area contributed by atoms with Gasteiger partial charge in [0.05, 0.1) is 5.75 Å². The molecule has 152 valence electrons. The van der Waals surface area contributed by atoms with Crippen LogP contribution >= 0.6 is 35.0 Å². The SMILES string of the molecule is CCn1c(SCC(=O)Nc2cc(Cl)cc(Cl)c2)nnc1[C@H](C)Oc1ccccc1. The predicted octanol–water partition coefficient (Wildman–Crippen LogP) is 5.48. The van der Waals surface area contributed by atoms with Crippen LogP contribution in [0.5, 0.6) is 5.75 Å². The second-order valence-electron chi connectivity index (χ2n) is 6.15. The van der Waals surface area contributed by atoms with Crippen LogP contribution in [0, 0.1) is 0 Å². The molecule has 3 aromatic rings. The Kier molecular flexibility index (Phi) is 7.41. The number of carbonyl (C=O) groups is 1. The molecular formula is C20H20Cl2N4O2S. The molecule has 0 spiro atoms. The largest absolute Gasteiger partial charge is 0.483 e. The molecule has 2 aromatic carbocycles. The standard InChI is InChI=1S/C20H20Cl2N4O2S/c1-3-26-19(13(2)28-17-7-5-4-6-8-17)24-25-20(26)29-12-18(27)23-16-10-14(21)9-15(22)11-16/h4-11,13H,3,12H2,1-2H3,(H,23,27)/t13-/m0/s1. The summed E-state index contributed by atoms with van der Waals surface area (Å²) in [6, 6.07) is 14.5. The van der Waals surface area contributed by atoms with Gasteiger partial charge in [-0.05, 0) is 44.2 Å². The first-order valence-corrected chi connectivity index (χ1v) is 10.7. The third-order valence-corrected chi connectivity index (χ3v) is 5.36. The highest BCUT2D eigenvalue weighted by atomic mass is 35.5. The Hall–Kier alpha value is -2.22. The van der Waals surface area contributed by atoms with Crippen molar-refractivity contribution < 1.29 is 9.53 Å². The second kappa shape index (κ2) is 10.0. The van der Waals surface area contributed by atoms with E-state index in [1.807, 2.05) is 48.7 Å².